The zero-order valence-electron chi connectivity index (χ0n) is 13.3. The van der Waals surface area contributed by atoms with Crippen molar-refractivity contribution in [3.8, 4) is 0 Å². The highest BCUT2D eigenvalue weighted by atomic mass is 16.7. The van der Waals surface area contributed by atoms with Gasteiger partial charge in [0.1, 0.15) is 4.92 Å². The van der Waals surface area contributed by atoms with Crippen molar-refractivity contribution in [1.82, 2.24) is 4.98 Å². The van der Waals surface area contributed by atoms with Crippen LogP contribution in [0.5, 0.6) is 0 Å². The van der Waals surface area contributed by atoms with Crippen LogP contribution in [0.25, 0.3) is 10.9 Å². The first-order valence-electron chi connectivity index (χ1n) is 7.54. The number of benzene rings is 1. The Morgan fingerprint density at radius 2 is 2.08 bits per heavy atom. The zero-order valence-corrected chi connectivity index (χ0v) is 13.3. The van der Waals surface area contributed by atoms with Gasteiger partial charge in [-0.15, -0.1) is 0 Å². The van der Waals surface area contributed by atoms with Gasteiger partial charge in [0.25, 0.3) is 0 Å². The number of hydrogen-bond acceptors (Lipinski definition) is 6. The van der Waals surface area contributed by atoms with Crippen LogP contribution >= 0.6 is 0 Å². The van der Waals surface area contributed by atoms with E-state index in [9.17, 15) is 19.7 Å². The monoisotopic (exact) mass is 342 g/mol. The molecular formula is C17H14N2O6. The first kappa shape index (κ1) is 16.4. The quantitative estimate of drug-likeness (QED) is 0.318. The van der Waals surface area contributed by atoms with Gasteiger partial charge >= 0.3 is 11.9 Å². The van der Waals surface area contributed by atoms with Crippen molar-refractivity contribution in [2.75, 3.05) is 6.61 Å². The summed E-state index contributed by atoms with van der Waals surface area (Å²) >= 11 is 0. The highest BCUT2D eigenvalue weighted by molar-refractivity contribution is 6.09. The van der Waals surface area contributed by atoms with E-state index in [4.69, 9.17) is 9.15 Å². The number of aromatic nitrogens is 1. The lowest BCUT2D eigenvalue weighted by molar-refractivity contribution is -0.402. The average molecular weight is 342 g/mol. The first-order chi connectivity index (χ1) is 12.0. The Morgan fingerprint density at radius 3 is 2.76 bits per heavy atom. The lowest BCUT2D eigenvalue weighted by Crippen LogP contribution is -2.13. The van der Waals surface area contributed by atoms with Crippen LogP contribution in [-0.2, 0) is 11.2 Å². The van der Waals surface area contributed by atoms with Crippen molar-refractivity contribution in [3.63, 3.8) is 0 Å². The maximum absolute atomic E-state index is 12.3. The summed E-state index contributed by atoms with van der Waals surface area (Å²) in [6.45, 7) is 1.53. The number of nitrogens with one attached hydrogen (secondary N) is 1. The van der Waals surface area contributed by atoms with Crippen LogP contribution in [0.15, 0.2) is 40.9 Å². The number of carbonyl (C=O) groups excluding carboxylic acids is 2. The first-order valence-corrected chi connectivity index (χ1v) is 7.54. The van der Waals surface area contributed by atoms with Crippen LogP contribution < -0.4 is 0 Å². The molecule has 128 valence electrons. The second-order valence-corrected chi connectivity index (χ2v) is 5.29. The van der Waals surface area contributed by atoms with Crippen LogP contribution in [0.3, 0.4) is 0 Å². The lowest BCUT2D eigenvalue weighted by Gasteiger charge is -2.02. The number of ketones is 1. The number of aryl methyl sites for hydroxylation is 1. The van der Waals surface area contributed by atoms with Gasteiger partial charge in [0.2, 0.25) is 11.5 Å². The fourth-order valence-electron chi connectivity index (χ4n) is 2.56. The minimum absolute atomic E-state index is 0.327. The summed E-state index contributed by atoms with van der Waals surface area (Å²) in [6.07, 6.45) is 2.40. The summed E-state index contributed by atoms with van der Waals surface area (Å²) in [4.78, 5) is 37.0. The number of fused-ring (bicyclic) bond motifs is 1. The summed E-state index contributed by atoms with van der Waals surface area (Å²) in [6, 6.07) is 7.82. The molecular weight excluding hydrogens is 328 g/mol. The van der Waals surface area contributed by atoms with Crippen molar-refractivity contribution >= 4 is 28.5 Å². The van der Waals surface area contributed by atoms with Gasteiger partial charge in [-0.05, 0) is 18.1 Å². The zero-order chi connectivity index (χ0) is 18.0. The van der Waals surface area contributed by atoms with Gasteiger partial charge in [-0.25, -0.2) is 4.79 Å². The molecule has 0 aliphatic heterocycles. The van der Waals surface area contributed by atoms with Crippen LogP contribution in [0.2, 0.25) is 0 Å². The number of nitrogens with zero attached hydrogens (tertiary/aromatic N) is 1. The molecule has 8 heteroatoms. The molecule has 3 aromatic rings. The van der Waals surface area contributed by atoms with E-state index >= 15 is 0 Å². The number of rotatable bonds is 6. The minimum atomic E-state index is -0.935. The van der Waals surface area contributed by atoms with Gasteiger partial charge in [-0.2, -0.15) is 0 Å². The molecule has 0 unspecified atom stereocenters. The summed E-state index contributed by atoms with van der Waals surface area (Å²) in [5, 5.41) is 11.3. The van der Waals surface area contributed by atoms with E-state index in [1.165, 1.54) is 0 Å². The van der Waals surface area contributed by atoms with Crippen molar-refractivity contribution in [3.05, 3.63) is 63.5 Å². The fourth-order valence-corrected chi connectivity index (χ4v) is 2.56. The summed E-state index contributed by atoms with van der Waals surface area (Å²) in [5.74, 6) is -2.21. The molecule has 0 spiro atoms. The molecule has 2 heterocycles. The minimum Gasteiger partial charge on any atom is -0.451 e. The second-order valence-electron chi connectivity index (χ2n) is 5.29. The van der Waals surface area contributed by atoms with Gasteiger partial charge in [-0.3, -0.25) is 14.9 Å². The van der Waals surface area contributed by atoms with E-state index in [0.29, 0.717) is 5.56 Å². The molecule has 3 rings (SSSR count). The third kappa shape index (κ3) is 3.14. The van der Waals surface area contributed by atoms with Gasteiger partial charge in [-0.1, -0.05) is 25.1 Å². The highest BCUT2D eigenvalue weighted by Crippen LogP contribution is 2.23. The van der Waals surface area contributed by atoms with Crippen molar-refractivity contribution in [2.45, 2.75) is 13.3 Å². The Balaban J connectivity index is 1.72. The Labute approximate surface area is 141 Å². The Morgan fingerprint density at radius 1 is 1.28 bits per heavy atom. The number of ether oxygens (including phenoxy) is 1. The summed E-state index contributed by atoms with van der Waals surface area (Å²) in [5.41, 5.74) is 2.38. The predicted octanol–water partition coefficient (Wildman–Crippen LogP) is 3.27. The normalized spacial score (nSPS) is 10.8. The molecule has 0 amide bonds. The number of hydrogen-bond donors (Lipinski definition) is 1. The van der Waals surface area contributed by atoms with Crippen molar-refractivity contribution < 1.29 is 23.7 Å². The number of para-hydroxylation sites is 1. The number of carbonyl (C=O) groups is 2. The van der Waals surface area contributed by atoms with Gasteiger partial charge in [0.05, 0.1) is 6.07 Å². The number of H-pyrrole nitrogens is 1. The molecule has 2 aromatic heterocycles. The van der Waals surface area contributed by atoms with E-state index in [-0.39, 0.29) is 11.5 Å². The average Bonchev–Trinajstić information content (AvgIpc) is 3.26. The molecule has 1 aromatic carbocycles. The molecule has 0 radical (unpaired) electrons. The van der Waals surface area contributed by atoms with E-state index in [1.54, 1.807) is 6.20 Å². The van der Waals surface area contributed by atoms with Crippen LogP contribution in [0.1, 0.15) is 33.4 Å². The fraction of sp³-hybridized carbons (Fsp3) is 0.176. The van der Waals surface area contributed by atoms with E-state index in [2.05, 4.69) is 4.98 Å². The van der Waals surface area contributed by atoms with Crippen LogP contribution in [0, 0.1) is 10.1 Å². The second kappa shape index (κ2) is 6.60. The number of esters is 1. The molecule has 0 atom stereocenters. The lowest BCUT2D eigenvalue weighted by atomic mass is 10.1. The Bertz CT molecular complexity index is 969. The van der Waals surface area contributed by atoms with E-state index in [1.807, 2.05) is 25.1 Å². The van der Waals surface area contributed by atoms with Crippen LogP contribution in [-0.4, -0.2) is 28.3 Å². The third-order valence-corrected chi connectivity index (χ3v) is 3.79. The van der Waals surface area contributed by atoms with Crippen molar-refractivity contribution in [1.29, 1.82) is 0 Å². The highest BCUT2D eigenvalue weighted by Gasteiger charge is 2.20. The molecule has 8 nitrogen and oxygen atoms in total. The molecule has 0 aliphatic carbocycles. The Kier molecular flexibility index (Phi) is 4.34. The van der Waals surface area contributed by atoms with Crippen molar-refractivity contribution in [2.24, 2.45) is 0 Å². The molecule has 0 saturated carbocycles. The summed E-state index contributed by atoms with van der Waals surface area (Å²) < 4.78 is 9.63. The predicted molar refractivity (Wildman–Crippen MR) is 87.7 cm³/mol. The van der Waals surface area contributed by atoms with Crippen LogP contribution in [0.4, 0.5) is 5.88 Å². The molecule has 0 saturated heterocycles. The van der Waals surface area contributed by atoms with E-state index in [0.717, 1.165) is 35.0 Å². The third-order valence-electron chi connectivity index (χ3n) is 3.79. The maximum atomic E-state index is 12.3. The SMILES string of the molecule is CCc1cccc2c(C(=O)COC(=O)c3ccc([N+](=O)[O-])o3)c[nH]c12. The Hall–Kier alpha value is -3.42. The molecule has 0 fully saturated rings. The topological polar surface area (TPSA) is 115 Å². The van der Waals surface area contributed by atoms with Gasteiger partial charge in [0, 0.05) is 22.7 Å². The smallest absolute Gasteiger partial charge is 0.433 e. The number of Topliss-reactive ketones (excluding diaryl/α,β-unsaturated/α-hetero) is 1. The molecule has 25 heavy (non-hydrogen) atoms. The maximum Gasteiger partial charge on any atom is 0.433 e. The number of nitro groups is 1. The largest absolute Gasteiger partial charge is 0.451 e. The molecule has 0 aliphatic rings. The molecule has 1 N–H and O–H groups in total. The van der Waals surface area contributed by atoms with Gasteiger partial charge < -0.3 is 14.1 Å². The van der Waals surface area contributed by atoms with Gasteiger partial charge in [0.15, 0.2) is 6.61 Å². The summed E-state index contributed by atoms with van der Waals surface area (Å²) in [7, 11) is 0. The standard InChI is InChI=1S/C17H14N2O6/c1-2-10-4-3-5-11-12(8-18-16(10)11)13(20)9-24-17(21)14-6-7-15(25-14)19(22)23/h3-8,18H,2,9H2,1H3. The number of furan rings is 1. The number of aromatic amines is 1. The molecule has 0 bridgehead atoms. The van der Waals surface area contributed by atoms with E-state index < -0.39 is 23.4 Å².